The highest BCUT2D eigenvalue weighted by Gasteiger charge is 2.21. The van der Waals surface area contributed by atoms with Gasteiger partial charge in [0, 0.05) is 18.7 Å². The lowest BCUT2D eigenvalue weighted by molar-refractivity contribution is 0.0948. The summed E-state index contributed by atoms with van der Waals surface area (Å²) in [5.41, 5.74) is 0.389. The zero-order valence-corrected chi connectivity index (χ0v) is 9.69. The second-order valence-corrected chi connectivity index (χ2v) is 3.86. The lowest BCUT2D eigenvalue weighted by Gasteiger charge is -2.12. The molecular weight excluding hydrogens is 239 g/mol. The molecule has 1 N–H and O–H groups in total. The van der Waals surface area contributed by atoms with Crippen LogP contribution in [0.25, 0.3) is 0 Å². The van der Waals surface area contributed by atoms with E-state index in [1.165, 1.54) is 29.2 Å². The van der Waals surface area contributed by atoms with E-state index in [4.69, 9.17) is 4.74 Å². The van der Waals surface area contributed by atoms with Crippen LogP contribution in [0.15, 0.2) is 24.3 Å². The number of hydrogen-bond donors (Lipinski definition) is 1. The van der Waals surface area contributed by atoms with E-state index in [2.05, 4.69) is 5.32 Å². The Labute approximate surface area is 104 Å². The Morgan fingerprint density at radius 2 is 2.11 bits per heavy atom. The van der Waals surface area contributed by atoms with Crippen LogP contribution in [0.3, 0.4) is 0 Å². The van der Waals surface area contributed by atoms with Crippen LogP contribution < -0.4 is 5.32 Å². The molecule has 0 unspecified atom stereocenters. The zero-order chi connectivity index (χ0) is 13.0. The molecule has 0 aliphatic carbocycles. The van der Waals surface area contributed by atoms with Gasteiger partial charge in [-0.3, -0.25) is 4.79 Å². The van der Waals surface area contributed by atoms with Gasteiger partial charge in [-0.15, -0.1) is 0 Å². The number of ether oxygens (including phenoxy) is 1. The van der Waals surface area contributed by atoms with Crippen molar-refractivity contribution in [3.63, 3.8) is 0 Å². The predicted octanol–water partition coefficient (Wildman–Crippen LogP) is 1.01. The number of cyclic esters (lactones) is 1. The van der Waals surface area contributed by atoms with Crippen LogP contribution in [-0.2, 0) is 4.74 Å². The molecule has 0 bridgehead atoms. The van der Waals surface area contributed by atoms with Crippen molar-refractivity contribution in [2.24, 2.45) is 0 Å². The van der Waals surface area contributed by atoms with Crippen LogP contribution in [0.1, 0.15) is 10.4 Å². The van der Waals surface area contributed by atoms with E-state index in [9.17, 15) is 14.0 Å². The monoisotopic (exact) mass is 252 g/mol. The van der Waals surface area contributed by atoms with Gasteiger partial charge in [0.25, 0.3) is 5.91 Å². The van der Waals surface area contributed by atoms with Gasteiger partial charge in [0.05, 0.1) is 6.54 Å². The normalized spacial score (nSPS) is 14.5. The van der Waals surface area contributed by atoms with Crippen LogP contribution in [0.2, 0.25) is 0 Å². The van der Waals surface area contributed by atoms with Crippen molar-refractivity contribution in [2.75, 3.05) is 26.2 Å². The Bertz CT molecular complexity index is 447. The molecule has 0 atom stereocenters. The number of amides is 2. The average Bonchev–Trinajstić information content (AvgIpc) is 2.76. The molecular formula is C12H13FN2O3. The molecule has 1 aromatic rings. The SMILES string of the molecule is O=C(NCCN1CCOC1=O)c1ccc(F)cc1. The summed E-state index contributed by atoms with van der Waals surface area (Å²) in [5.74, 6) is -0.672. The van der Waals surface area contributed by atoms with Crippen molar-refractivity contribution in [3.05, 3.63) is 35.6 Å². The van der Waals surface area contributed by atoms with Crippen LogP contribution >= 0.6 is 0 Å². The zero-order valence-electron chi connectivity index (χ0n) is 9.69. The van der Waals surface area contributed by atoms with Crippen LogP contribution in [-0.4, -0.2) is 43.1 Å². The van der Waals surface area contributed by atoms with Crippen molar-refractivity contribution >= 4 is 12.0 Å². The van der Waals surface area contributed by atoms with Gasteiger partial charge in [-0.2, -0.15) is 0 Å². The molecule has 1 aliphatic rings. The summed E-state index contributed by atoms with van der Waals surface area (Å²) >= 11 is 0. The van der Waals surface area contributed by atoms with Crippen molar-refractivity contribution < 1.29 is 18.7 Å². The first kappa shape index (κ1) is 12.3. The minimum absolute atomic E-state index is 0.289. The van der Waals surface area contributed by atoms with Crippen molar-refractivity contribution in [3.8, 4) is 0 Å². The second-order valence-electron chi connectivity index (χ2n) is 3.86. The third-order valence-electron chi connectivity index (χ3n) is 2.62. The third kappa shape index (κ3) is 2.97. The first-order valence-corrected chi connectivity index (χ1v) is 5.62. The third-order valence-corrected chi connectivity index (χ3v) is 2.62. The molecule has 2 amide bonds. The topological polar surface area (TPSA) is 58.6 Å². The van der Waals surface area contributed by atoms with E-state index in [1.54, 1.807) is 0 Å². The highest BCUT2D eigenvalue weighted by atomic mass is 19.1. The fourth-order valence-electron chi connectivity index (χ4n) is 1.64. The van der Waals surface area contributed by atoms with E-state index < -0.39 is 0 Å². The molecule has 0 spiro atoms. The molecule has 0 radical (unpaired) electrons. The van der Waals surface area contributed by atoms with Gasteiger partial charge < -0.3 is 15.0 Å². The molecule has 0 aromatic heterocycles. The maximum Gasteiger partial charge on any atom is 0.409 e. The molecule has 6 heteroatoms. The van der Waals surface area contributed by atoms with E-state index in [0.29, 0.717) is 31.8 Å². The molecule has 96 valence electrons. The number of nitrogens with one attached hydrogen (secondary N) is 1. The summed E-state index contributed by atoms with van der Waals surface area (Å²) in [6, 6.07) is 5.28. The lowest BCUT2D eigenvalue weighted by atomic mass is 10.2. The van der Waals surface area contributed by atoms with Crippen molar-refractivity contribution in [1.82, 2.24) is 10.2 Å². The summed E-state index contributed by atoms with van der Waals surface area (Å²) in [4.78, 5) is 24.3. The molecule has 1 aliphatic heterocycles. The Kier molecular flexibility index (Phi) is 3.76. The van der Waals surface area contributed by atoms with E-state index in [-0.39, 0.29) is 17.8 Å². The molecule has 2 rings (SSSR count). The molecule has 1 aromatic carbocycles. The number of nitrogens with zero attached hydrogens (tertiary/aromatic N) is 1. The highest BCUT2D eigenvalue weighted by Crippen LogP contribution is 2.03. The van der Waals surface area contributed by atoms with Crippen LogP contribution in [0.5, 0.6) is 0 Å². The van der Waals surface area contributed by atoms with E-state index >= 15 is 0 Å². The molecule has 1 fully saturated rings. The Hall–Kier alpha value is -2.11. The van der Waals surface area contributed by atoms with Gasteiger partial charge in [-0.25, -0.2) is 9.18 Å². The second kappa shape index (κ2) is 5.48. The summed E-state index contributed by atoms with van der Waals surface area (Å²) in [5, 5.41) is 2.66. The van der Waals surface area contributed by atoms with E-state index in [1.807, 2.05) is 0 Å². The van der Waals surface area contributed by atoms with Gasteiger partial charge in [-0.1, -0.05) is 0 Å². The van der Waals surface area contributed by atoms with Crippen LogP contribution in [0.4, 0.5) is 9.18 Å². The summed E-state index contributed by atoms with van der Waals surface area (Å²) < 4.78 is 17.4. The number of carbonyl (C=O) groups excluding carboxylic acids is 2. The van der Waals surface area contributed by atoms with Gasteiger partial charge in [0.15, 0.2) is 0 Å². The van der Waals surface area contributed by atoms with Crippen molar-refractivity contribution in [2.45, 2.75) is 0 Å². The smallest absolute Gasteiger partial charge is 0.409 e. The Morgan fingerprint density at radius 1 is 1.39 bits per heavy atom. The summed E-state index contributed by atoms with van der Waals surface area (Å²) in [6.07, 6.45) is -0.356. The first-order chi connectivity index (χ1) is 8.66. The van der Waals surface area contributed by atoms with Gasteiger partial charge in [0.1, 0.15) is 12.4 Å². The Balaban J connectivity index is 1.78. The first-order valence-electron chi connectivity index (χ1n) is 5.62. The lowest BCUT2D eigenvalue weighted by Crippen LogP contribution is -2.35. The quantitative estimate of drug-likeness (QED) is 0.870. The minimum atomic E-state index is -0.383. The molecule has 18 heavy (non-hydrogen) atoms. The highest BCUT2D eigenvalue weighted by molar-refractivity contribution is 5.94. The fraction of sp³-hybridized carbons (Fsp3) is 0.333. The average molecular weight is 252 g/mol. The molecule has 1 heterocycles. The maximum atomic E-state index is 12.7. The number of halogens is 1. The predicted molar refractivity (Wildman–Crippen MR) is 61.7 cm³/mol. The summed E-state index contributed by atoms with van der Waals surface area (Å²) in [7, 11) is 0. The molecule has 5 nitrogen and oxygen atoms in total. The van der Waals surface area contributed by atoms with Crippen molar-refractivity contribution in [1.29, 1.82) is 0 Å². The van der Waals surface area contributed by atoms with Gasteiger partial charge in [0.2, 0.25) is 0 Å². The standard InChI is InChI=1S/C12H13FN2O3/c13-10-3-1-9(2-4-10)11(16)14-5-6-15-7-8-18-12(15)17/h1-4H,5-8H2,(H,14,16). The maximum absolute atomic E-state index is 12.7. The van der Waals surface area contributed by atoms with E-state index in [0.717, 1.165) is 0 Å². The van der Waals surface area contributed by atoms with Crippen LogP contribution in [0, 0.1) is 5.82 Å². The fourth-order valence-corrected chi connectivity index (χ4v) is 1.64. The molecule has 1 saturated heterocycles. The minimum Gasteiger partial charge on any atom is -0.448 e. The molecule has 0 saturated carbocycles. The Morgan fingerprint density at radius 3 is 2.72 bits per heavy atom. The largest absolute Gasteiger partial charge is 0.448 e. The van der Waals surface area contributed by atoms with Gasteiger partial charge >= 0.3 is 6.09 Å². The number of benzene rings is 1. The number of carbonyl (C=O) groups is 2. The summed E-state index contributed by atoms with van der Waals surface area (Å²) in [6.45, 7) is 1.69. The number of rotatable bonds is 4. The number of hydrogen-bond acceptors (Lipinski definition) is 3. The van der Waals surface area contributed by atoms with Gasteiger partial charge in [-0.05, 0) is 24.3 Å².